The van der Waals surface area contributed by atoms with Crippen molar-refractivity contribution >= 4 is 33.9 Å². The zero-order valence-corrected chi connectivity index (χ0v) is 19.7. The molecule has 174 valence electrons. The number of fused-ring (bicyclic) bond motifs is 1. The molecule has 1 aromatic heterocycles. The summed E-state index contributed by atoms with van der Waals surface area (Å²) < 4.78 is 0. The van der Waals surface area contributed by atoms with E-state index in [1.54, 1.807) is 0 Å². The molecule has 2 aromatic carbocycles. The molecule has 7 nitrogen and oxygen atoms in total. The summed E-state index contributed by atoms with van der Waals surface area (Å²) in [6, 6.07) is 16.0. The van der Waals surface area contributed by atoms with Crippen LogP contribution in [0, 0.1) is 0 Å². The lowest BCUT2D eigenvalue weighted by molar-refractivity contribution is 0.313. The average Bonchev–Trinajstić information content (AvgIpc) is 2.86. The van der Waals surface area contributed by atoms with Crippen molar-refractivity contribution < 1.29 is 0 Å². The lowest BCUT2D eigenvalue weighted by atomic mass is 9.91. The van der Waals surface area contributed by atoms with Crippen molar-refractivity contribution in [2.45, 2.75) is 37.8 Å². The second-order valence-electron chi connectivity index (χ2n) is 9.38. The summed E-state index contributed by atoms with van der Waals surface area (Å²) in [5.41, 5.74) is 4.34. The molecule has 1 aliphatic carbocycles. The Bertz CT molecular complexity index is 1050. The summed E-state index contributed by atoms with van der Waals surface area (Å²) in [6.07, 6.45) is 6.69. The van der Waals surface area contributed by atoms with Crippen LogP contribution in [0.25, 0.3) is 10.9 Å². The normalized spacial score (nSPS) is 21.8. The molecule has 0 spiro atoms. The second kappa shape index (κ2) is 9.93. The maximum atomic E-state index is 4.87. The van der Waals surface area contributed by atoms with Gasteiger partial charge in [0.15, 0.2) is 0 Å². The van der Waals surface area contributed by atoms with E-state index < -0.39 is 0 Å². The van der Waals surface area contributed by atoms with Crippen LogP contribution in [0.15, 0.2) is 48.7 Å². The van der Waals surface area contributed by atoms with Crippen LogP contribution in [0.3, 0.4) is 0 Å². The minimum atomic E-state index is 0.494. The Hall–Kier alpha value is -2.90. The SMILES string of the molecule is CNC1CCC(Nc2cccc3cnc(Nc4ccc(N5CCN(C)CC5)cc4)nc23)CC1. The topological polar surface area (TPSA) is 68.4 Å². The molecule has 33 heavy (non-hydrogen) atoms. The van der Waals surface area contributed by atoms with Crippen LogP contribution in [0.2, 0.25) is 0 Å². The number of hydrogen-bond donors (Lipinski definition) is 3. The van der Waals surface area contributed by atoms with Gasteiger partial charge in [0.1, 0.15) is 0 Å². The average molecular weight is 446 g/mol. The van der Waals surface area contributed by atoms with Gasteiger partial charge in [0.05, 0.1) is 11.2 Å². The standard InChI is InChI=1S/C26H35N7/c1-27-20-6-8-21(9-7-20)29-24-5-3-4-19-18-28-26(31-25(19)24)30-22-10-12-23(13-11-22)33-16-14-32(2)15-17-33/h3-5,10-13,18,20-21,27,29H,6-9,14-17H2,1-2H3,(H,28,30,31). The minimum Gasteiger partial charge on any atom is -0.381 e. The van der Waals surface area contributed by atoms with Crippen molar-refractivity contribution in [1.29, 1.82) is 0 Å². The highest BCUT2D eigenvalue weighted by atomic mass is 15.2. The van der Waals surface area contributed by atoms with E-state index in [0.717, 1.165) is 48.5 Å². The van der Waals surface area contributed by atoms with Crippen LogP contribution in [-0.4, -0.2) is 67.2 Å². The Balaban J connectivity index is 1.28. The molecule has 2 fully saturated rings. The molecule has 5 rings (SSSR count). The van der Waals surface area contributed by atoms with E-state index in [4.69, 9.17) is 4.98 Å². The highest BCUT2D eigenvalue weighted by Crippen LogP contribution is 2.28. The molecule has 1 saturated carbocycles. The fraction of sp³-hybridized carbons (Fsp3) is 0.462. The van der Waals surface area contributed by atoms with Crippen LogP contribution < -0.4 is 20.9 Å². The van der Waals surface area contributed by atoms with Gasteiger partial charge in [-0.15, -0.1) is 0 Å². The number of nitrogens with one attached hydrogen (secondary N) is 3. The first-order chi connectivity index (χ1) is 16.2. The van der Waals surface area contributed by atoms with E-state index in [1.807, 2.05) is 6.20 Å². The number of para-hydroxylation sites is 1. The predicted molar refractivity (Wildman–Crippen MR) is 138 cm³/mol. The molecule has 1 saturated heterocycles. The molecular weight excluding hydrogens is 410 g/mol. The lowest BCUT2D eigenvalue weighted by Crippen LogP contribution is -2.44. The minimum absolute atomic E-state index is 0.494. The van der Waals surface area contributed by atoms with Gasteiger partial charge < -0.3 is 25.8 Å². The first-order valence-electron chi connectivity index (χ1n) is 12.2. The van der Waals surface area contributed by atoms with E-state index in [9.17, 15) is 0 Å². The number of nitrogens with zero attached hydrogens (tertiary/aromatic N) is 4. The Kier molecular flexibility index (Phi) is 6.60. The van der Waals surface area contributed by atoms with Crippen LogP contribution in [0.1, 0.15) is 25.7 Å². The summed E-state index contributed by atoms with van der Waals surface area (Å²) in [7, 11) is 4.25. The van der Waals surface area contributed by atoms with Gasteiger partial charge in [-0.1, -0.05) is 12.1 Å². The number of benzene rings is 2. The molecule has 2 heterocycles. The van der Waals surface area contributed by atoms with Crippen molar-refractivity contribution in [2.24, 2.45) is 0 Å². The molecule has 3 aromatic rings. The van der Waals surface area contributed by atoms with Crippen LogP contribution >= 0.6 is 0 Å². The number of piperazine rings is 1. The molecule has 0 atom stereocenters. The van der Waals surface area contributed by atoms with Crippen LogP contribution in [0.4, 0.5) is 23.0 Å². The van der Waals surface area contributed by atoms with E-state index >= 15 is 0 Å². The molecular formula is C26H35N7. The second-order valence-corrected chi connectivity index (χ2v) is 9.38. The Morgan fingerprint density at radius 1 is 0.879 bits per heavy atom. The van der Waals surface area contributed by atoms with E-state index in [-0.39, 0.29) is 0 Å². The molecule has 0 amide bonds. The van der Waals surface area contributed by atoms with Gasteiger partial charge in [-0.25, -0.2) is 9.97 Å². The van der Waals surface area contributed by atoms with E-state index in [1.165, 1.54) is 31.4 Å². The fourth-order valence-corrected chi connectivity index (χ4v) is 4.93. The smallest absolute Gasteiger partial charge is 0.227 e. The van der Waals surface area contributed by atoms with E-state index in [0.29, 0.717) is 18.0 Å². The summed E-state index contributed by atoms with van der Waals surface area (Å²) in [5.74, 6) is 0.628. The van der Waals surface area contributed by atoms with Crippen molar-refractivity contribution in [2.75, 3.05) is 55.8 Å². The maximum Gasteiger partial charge on any atom is 0.227 e. The number of rotatable bonds is 6. The Labute approximate surface area is 196 Å². The van der Waals surface area contributed by atoms with Gasteiger partial charge in [-0.2, -0.15) is 0 Å². The quantitative estimate of drug-likeness (QED) is 0.528. The Morgan fingerprint density at radius 3 is 2.33 bits per heavy atom. The number of aromatic nitrogens is 2. The molecule has 7 heteroatoms. The van der Waals surface area contributed by atoms with Crippen molar-refractivity contribution in [3.05, 3.63) is 48.7 Å². The summed E-state index contributed by atoms with van der Waals surface area (Å²) >= 11 is 0. The van der Waals surface area contributed by atoms with Gasteiger partial charge in [0, 0.05) is 61.2 Å². The van der Waals surface area contributed by atoms with Crippen molar-refractivity contribution in [3.63, 3.8) is 0 Å². The van der Waals surface area contributed by atoms with E-state index in [2.05, 4.69) is 87.3 Å². The lowest BCUT2D eigenvalue weighted by Gasteiger charge is -2.34. The van der Waals surface area contributed by atoms with Gasteiger partial charge in [-0.3, -0.25) is 0 Å². The number of likely N-dealkylation sites (N-methyl/N-ethyl adjacent to an activating group) is 1. The highest BCUT2D eigenvalue weighted by Gasteiger charge is 2.20. The van der Waals surface area contributed by atoms with Gasteiger partial charge in [0.2, 0.25) is 5.95 Å². The van der Waals surface area contributed by atoms with Crippen LogP contribution in [-0.2, 0) is 0 Å². The highest BCUT2D eigenvalue weighted by molar-refractivity contribution is 5.90. The monoisotopic (exact) mass is 445 g/mol. The third-order valence-corrected chi connectivity index (χ3v) is 7.10. The molecule has 2 aliphatic rings. The largest absolute Gasteiger partial charge is 0.381 e. The third-order valence-electron chi connectivity index (χ3n) is 7.10. The molecule has 1 aliphatic heterocycles. The number of anilines is 4. The molecule has 0 bridgehead atoms. The first kappa shape index (κ1) is 21.9. The van der Waals surface area contributed by atoms with Crippen molar-refractivity contribution in [3.8, 4) is 0 Å². The zero-order chi connectivity index (χ0) is 22.6. The van der Waals surface area contributed by atoms with Crippen molar-refractivity contribution in [1.82, 2.24) is 20.2 Å². The summed E-state index contributed by atoms with van der Waals surface area (Å²) in [5, 5.41) is 11.6. The molecule has 0 radical (unpaired) electrons. The molecule has 0 unspecified atom stereocenters. The maximum absolute atomic E-state index is 4.87. The zero-order valence-electron chi connectivity index (χ0n) is 19.7. The fourth-order valence-electron chi connectivity index (χ4n) is 4.93. The van der Waals surface area contributed by atoms with Gasteiger partial charge >= 0.3 is 0 Å². The third kappa shape index (κ3) is 5.20. The summed E-state index contributed by atoms with van der Waals surface area (Å²) in [4.78, 5) is 14.2. The predicted octanol–water partition coefficient (Wildman–Crippen LogP) is 4.07. The number of hydrogen-bond acceptors (Lipinski definition) is 7. The molecule has 3 N–H and O–H groups in total. The Morgan fingerprint density at radius 2 is 1.61 bits per heavy atom. The van der Waals surface area contributed by atoms with Gasteiger partial charge in [-0.05, 0) is 70.1 Å². The first-order valence-corrected chi connectivity index (χ1v) is 12.2. The van der Waals surface area contributed by atoms with Crippen LogP contribution in [0.5, 0.6) is 0 Å². The van der Waals surface area contributed by atoms with Gasteiger partial charge in [0.25, 0.3) is 0 Å². The summed E-state index contributed by atoms with van der Waals surface area (Å²) in [6.45, 7) is 4.36.